The smallest absolute Gasteiger partial charge is 0.315 e. The summed E-state index contributed by atoms with van der Waals surface area (Å²) in [7, 11) is -0.977. The zero-order chi connectivity index (χ0) is 13.6. The van der Waals surface area contributed by atoms with Crippen LogP contribution in [0.5, 0.6) is 0 Å². The van der Waals surface area contributed by atoms with Gasteiger partial charge in [-0.05, 0) is 20.8 Å². The Morgan fingerprint density at radius 3 is 2.35 bits per heavy atom. The van der Waals surface area contributed by atoms with Crippen LogP contribution in [0.1, 0.15) is 20.8 Å². The predicted molar refractivity (Wildman–Crippen MR) is 66.3 cm³/mol. The number of aliphatic carboxylic acids is 1. The van der Waals surface area contributed by atoms with Crippen molar-refractivity contribution >= 4 is 22.8 Å². The summed E-state index contributed by atoms with van der Waals surface area (Å²) in [4.78, 5) is 22.2. The SMILES string of the molecule is CC(CS(C)=O)NC(=O)NCC(C)(C)C(=O)O. The van der Waals surface area contributed by atoms with Crippen molar-refractivity contribution in [2.75, 3.05) is 18.6 Å². The maximum atomic E-state index is 11.4. The minimum absolute atomic E-state index is 0.0378. The number of rotatable bonds is 6. The Morgan fingerprint density at radius 2 is 1.94 bits per heavy atom. The highest BCUT2D eigenvalue weighted by Gasteiger charge is 2.27. The van der Waals surface area contributed by atoms with Gasteiger partial charge in [0.2, 0.25) is 0 Å². The van der Waals surface area contributed by atoms with Crippen LogP contribution in [-0.2, 0) is 15.6 Å². The van der Waals surface area contributed by atoms with Gasteiger partial charge in [0.1, 0.15) is 0 Å². The molecule has 2 atom stereocenters. The first-order valence-electron chi connectivity index (χ1n) is 5.23. The summed E-state index contributed by atoms with van der Waals surface area (Å²) in [6.07, 6.45) is 1.56. The number of hydrogen-bond acceptors (Lipinski definition) is 3. The van der Waals surface area contributed by atoms with Crippen molar-refractivity contribution in [1.82, 2.24) is 10.6 Å². The van der Waals surface area contributed by atoms with E-state index in [1.807, 2.05) is 0 Å². The van der Waals surface area contributed by atoms with E-state index in [4.69, 9.17) is 5.11 Å². The number of nitrogens with one attached hydrogen (secondary N) is 2. The zero-order valence-electron chi connectivity index (χ0n) is 10.6. The molecule has 3 N–H and O–H groups in total. The molecule has 2 unspecified atom stereocenters. The third-order valence-corrected chi connectivity index (χ3v) is 3.10. The van der Waals surface area contributed by atoms with Gasteiger partial charge >= 0.3 is 12.0 Å². The van der Waals surface area contributed by atoms with Gasteiger partial charge in [0.15, 0.2) is 0 Å². The Labute approximate surface area is 104 Å². The van der Waals surface area contributed by atoms with Crippen LogP contribution in [0.15, 0.2) is 0 Å². The van der Waals surface area contributed by atoms with Crippen molar-refractivity contribution in [3.8, 4) is 0 Å². The van der Waals surface area contributed by atoms with E-state index in [1.54, 1.807) is 13.2 Å². The summed E-state index contributed by atoms with van der Waals surface area (Å²) in [5.74, 6) is -0.601. The van der Waals surface area contributed by atoms with Crippen LogP contribution < -0.4 is 10.6 Å². The standard InChI is InChI=1S/C10H20N2O4S/c1-7(5-17(4)16)12-9(15)11-6-10(2,3)8(13)14/h7H,5-6H2,1-4H3,(H,13,14)(H2,11,12,15). The molecular weight excluding hydrogens is 244 g/mol. The Hall–Kier alpha value is -1.11. The van der Waals surface area contributed by atoms with Crippen LogP contribution in [0.25, 0.3) is 0 Å². The lowest BCUT2D eigenvalue weighted by Gasteiger charge is -2.20. The van der Waals surface area contributed by atoms with Crippen molar-refractivity contribution in [1.29, 1.82) is 0 Å². The van der Waals surface area contributed by atoms with E-state index in [0.717, 1.165) is 0 Å². The van der Waals surface area contributed by atoms with Gasteiger partial charge in [-0.3, -0.25) is 9.00 Å². The second-order valence-corrected chi connectivity index (χ2v) is 6.14. The molecule has 0 bridgehead atoms. The van der Waals surface area contributed by atoms with Crippen LogP contribution in [-0.4, -0.2) is 45.9 Å². The van der Waals surface area contributed by atoms with Gasteiger partial charge in [-0.2, -0.15) is 0 Å². The summed E-state index contributed by atoms with van der Waals surface area (Å²) in [5.41, 5.74) is -1.01. The van der Waals surface area contributed by atoms with Gasteiger partial charge in [0.25, 0.3) is 0 Å². The van der Waals surface area contributed by atoms with E-state index in [0.29, 0.717) is 5.75 Å². The fourth-order valence-corrected chi connectivity index (χ4v) is 1.83. The number of carbonyl (C=O) groups is 2. The van der Waals surface area contributed by atoms with E-state index in [-0.39, 0.29) is 12.6 Å². The molecular formula is C10H20N2O4S. The fraction of sp³-hybridized carbons (Fsp3) is 0.800. The van der Waals surface area contributed by atoms with Crippen LogP contribution in [0.3, 0.4) is 0 Å². The zero-order valence-corrected chi connectivity index (χ0v) is 11.4. The summed E-state index contributed by atoms with van der Waals surface area (Å²) in [6, 6.07) is -0.661. The number of amides is 2. The summed E-state index contributed by atoms with van der Waals surface area (Å²) in [6.45, 7) is 4.83. The van der Waals surface area contributed by atoms with E-state index < -0.39 is 28.2 Å². The van der Waals surface area contributed by atoms with Crippen molar-refractivity contribution < 1.29 is 18.9 Å². The molecule has 0 heterocycles. The lowest BCUT2D eigenvalue weighted by atomic mass is 9.94. The van der Waals surface area contributed by atoms with Gasteiger partial charge in [0, 0.05) is 35.4 Å². The number of carboxylic acids is 1. The molecule has 7 heteroatoms. The summed E-state index contributed by atoms with van der Waals surface area (Å²) < 4.78 is 10.9. The highest BCUT2D eigenvalue weighted by atomic mass is 32.2. The van der Waals surface area contributed by atoms with Gasteiger partial charge in [0.05, 0.1) is 5.41 Å². The largest absolute Gasteiger partial charge is 0.481 e. The van der Waals surface area contributed by atoms with Crippen LogP contribution in [0, 0.1) is 5.41 Å². The van der Waals surface area contributed by atoms with E-state index in [2.05, 4.69) is 10.6 Å². The lowest BCUT2D eigenvalue weighted by Crippen LogP contribution is -2.47. The molecule has 0 radical (unpaired) electrons. The van der Waals surface area contributed by atoms with Gasteiger partial charge in [-0.25, -0.2) is 4.79 Å². The quantitative estimate of drug-likeness (QED) is 0.637. The maximum Gasteiger partial charge on any atom is 0.315 e. The van der Waals surface area contributed by atoms with Crippen molar-refractivity contribution in [2.24, 2.45) is 5.41 Å². The highest BCUT2D eigenvalue weighted by molar-refractivity contribution is 7.84. The Bertz CT molecular complexity index is 317. The molecule has 0 aliphatic carbocycles. The van der Waals surface area contributed by atoms with E-state index >= 15 is 0 Å². The number of carboxylic acid groups (broad SMARTS) is 1. The maximum absolute atomic E-state index is 11.4. The predicted octanol–water partition coefficient (Wildman–Crippen LogP) is 0.163. The average molecular weight is 264 g/mol. The second-order valence-electron chi connectivity index (χ2n) is 4.66. The topological polar surface area (TPSA) is 95.5 Å². The van der Waals surface area contributed by atoms with E-state index in [1.165, 1.54) is 13.8 Å². The van der Waals surface area contributed by atoms with Gasteiger partial charge in [-0.1, -0.05) is 0 Å². The van der Waals surface area contributed by atoms with Gasteiger partial charge in [-0.15, -0.1) is 0 Å². The van der Waals surface area contributed by atoms with Crippen molar-refractivity contribution in [2.45, 2.75) is 26.8 Å². The third kappa shape index (κ3) is 6.93. The molecule has 2 amide bonds. The van der Waals surface area contributed by atoms with E-state index in [9.17, 15) is 13.8 Å². The minimum Gasteiger partial charge on any atom is -0.481 e. The van der Waals surface area contributed by atoms with Crippen molar-refractivity contribution in [3.05, 3.63) is 0 Å². The molecule has 17 heavy (non-hydrogen) atoms. The first-order chi connectivity index (χ1) is 7.65. The summed E-state index contributed by atoms with van der Waals surface area (Å²) >= 11 is 0. The number of hydrogen-bond donors (Lipinski definition) is 3. The highest BCUT2D eigenvalue weighted by Crippen LogP contribution is 2.12. The second kappa shape index (κ2) is 6.58. The van der Waals surface area contributed by atoms with Gasteiger partial charge < -0.3 is 15.7 Å². The molecule has 6 nitrogen and oxygen atoms in total. The fourth-order valence-electron chi connectivity index (χ4n) is 1.05. The Balaban J connectivity index is 4.04. The third-order valence-electron chi connectivity index (χ3n) is 2.13. The molecule has 0 spiro atoms. The van der Waals surface area contributed by atoms with Crippen molar-refractivity contribution in [3.63, 3.8) is 0 Å². The lowest BCUT2D eigenvalue weighted by molar-refractivity contribution is -0.146. The molecule has 0 aromatic carbocycles. The molecule has 0 saturated heterocycles. The molecule has 0 aliphatic heterocycles. The molecule has 0 aromatic rings. The molecule has 0 saturated carbocycles. The first-order valence-corrected chi connectivity index (χ1v) is 6.95. The molecule has 0 aliphatic rings. The normalized spacial score (nSPS) is 14.8. The molecule has 100 valence electrons. The van der Waals surface area contributed by atoms with Crippen LogP contribution >= 0.6 is 0 Å². The van der Waals surface area contributed by atoms with Crippen LogP contribution in [0.2, 0.25) is 0 Å². The number of carbonyl (C=O) groups excluding carboxylic acids is 1. The summed E-state index contributed by atoms with van der Waals surface area (Å²) in [5, 5.41) is 13.9. The molecule has 0 rings (SSSR count). The Kier molecular flexibility index (Phi) is 6.15. The molecule has 0 aromatic heterocycles. The monoisotopic (exact) mass is 264 g/mol. The minimum atomic E-state index is -1.01. The molecule has 0 fully saturated rings. The Morgan fingerprint density at radius 1 is 1.41 bits per heavy atom. The average Bonchev–Trinajstić information content (AvgIpc) is 2.13. The van der Waals surface area contributed by atoms with Crippen LogP contribution in [0.4, 0.5) is 4.79 Å². The number of urea groups is 1. The first kappa shape index (κ1) is 15.9.